The van der Waals surface area contributed by atoms with Crippen molar-refractivity contribution in [2.24, 2.45) is 0 Å². The molecule has 1 saturated carbocycles. The van der Waals surface area contributed by atoms with Gasteiger partial charge in [-0.2, -0.15) is 0 Å². The Hall–Kier alpha value is -2.44. The maximum Gasteiger partial charge on any atom is 0.255 e. The Bertz CT molecular complexity index is 901. The lowest BCUT2D eigenvalue weighted by molar-refractivity contribution is -0.129. The lowest BCUT2D eigenvalue weighted by atomic mass is 10.0. The number of hydrogen-bond acceptors (Lipinski definition) is 3. The summed E-state index contributed by atoms with van der Waals surface area (Å²) >= 11 is 0. The van der Waals surface area contributed by atoms with Crippen molar-refractivity contribution in [2.45, 2.75) is 44.2 Å². The second-order valence-electron chi connectivity index (χ2n) is 7.95. The van der Waals surface area contributed by atoms with E-state index in [1.54, 1.807) is 31.2 Å². The fraction of sp³-hybridized carbons (Fsp3) is 0.391. The van der Waals surface area contributed by atoms with Gasteiger partial charge in [0.05, 0.1) is 0 Å². The lowest BCUT2D eigenvalue weighted by Gasteiger charge is -2.32. The van der Waals surface area contributed by atoms with Crippen molar-refractivity contribution in [1.82, 2.24) is 10.2 Å². The molecule has 5 nitrogen and oxygen atoms in total. The van der Waals surface area contributed by atoms with Crippen LogP contribution in [0.15, 0.2) is 48.5 Å². The highest BCUT2D eigenvalue weighted by Gasteiger charge is 2.41. The van der Waals surface area contributed by atoms with Crippen LogP contribution in [0, 0.1) is 5.82 Å². The van der Waals surface area contributed by atoms with Crippen LogP contribution in [0.4, 0.5) is 10.1 Å². The molecule has 0 bridgehead atoms. The highest BCUT2D eigenvalue weighted by molar-refractivity contribution is 6.04. The number of benzene rings is 2. The molecular weight excluding hydrogens is 405 g/mol. The van der Waals surface area contributed by atoms with Gasteiger partial charge in [-0.25, -0.2) is 4.39 Å². The van der Waals surface area contributed by atoms with Gasteiger partial charge in [0, 0.05) is 49.3 Å². The number of amides is 2. The summed E-state index contributed by atoms with van der Waals surface area (Å²) in [6.45, 7) is 3.16. The first-order valence-electron chi connectivity index (χ1n) is 10.2. The van der Waals surface area contributed by atoms with Crippen molar-refractivity contribution >= 4 is 29.9 Å². The van der Waals surface area contributed by atoms with Crippen LogP contribution >= 0.6 is 12.4 Å². The molecule has 2 amide bonds. The van der Waals surface area contributed by atoms with Gasteiger partial charge in [0.15, 0.2) is 0 Å². The molecule has 160 valence electrons. The van der Waals surface area contributed by atoms with Crippen LogP contribution in [0.5, 0.6) is 0 Å². The van der Waals surface area contributed by atoms with Gasteiger partial charge >= 0.3 is 0 Å². The van der Waals surface area contributed by atoms with Gasteiger partial charge in [-0.3, -0.25) is 9.59 Å². The number of carbonyl (C=O) groups excluding carboxylic acids is 2. The summed E-state index contributed by atoms with van der Waals surface area (Å²) in [7, 11) is 0. The molecule has 4 rings (SSSR count). The van der Waals surface area contributed by atoms with E-state index in [1.807, 2.05) is 23.1 Å². The van der Waals surface area contributed by atoms with Gasteiger partial charge < -0.3 is 15.5 Å². The van der Waals surface area contributed by atoms with Crippen molar-refractivity contribution in [3.63, 3.8) is 0 Å². The Labute approximate surface area is 182 Å². The quantitative estimate of drug-likeness (QED) is 0.753. The molecule has 1 saturated heterocycles. The van der Waals surface area contributed by atoms with Crippen molar-refractivity contribution in [3.8, 4) is 0 Å². The van der Waals surface area contributed by atoms with Crippen LogP contribution in [0.3, 0.4) is 0 Å². The average molecular weight is 432 g/mol. The molecule has 2 unspecified atom stereocenters. The van der Waals surface area contributed by atoms with E-state index in [2.05, 4.69) is 10.6 Å². The number of nitrogens with zero attached hydrogens (tertiary/aromatic N) is 1. The molecule has 2 aliphatic rings. The maximum atomic E-state index is 14.4. The van der Waals surface area contributed by atoms with Crippen molar-refractivity contribution in [2.75, 3.05) is 18.4 Å². The Balaban J connectivity index is 0.00000256. The monoisotopic (exact) mass is 431 g/mol. The average Bonchev–Trinajstić information content (AvgIpc) is 3.49. The predicted octanol–water partition coefficient (Wildman–Crippen LogP) is 3.96. The summed E-state index contributed by atoms with van der Waals surface area (Å²) in [4.78, 5) is 25.7. The number of likely N-dealkylation sites (tertiary alicyclic amines) is 1. The van der Waals surface area contributed by atoms with Gasteiger partial charge in [-0.15, -0.1) is 12.4 Å². The summed E-state index contributed by atoms with van der Waals surface area (Å²) in [6, 6.07) is 14.4. The van der Waals surface area contributed by atoms with Gasteiger partial charge in [-0.1, -0.05) is 18.2 Å². The first-order chi connectivity index (χ1) is 14.0. The summed E-state index contributed by atoms with van der Waals surface area (Å²) in [5.41, 5.74) is 1.83. The number of nitrogens with one attached hydrogen (secondary N) is 2. The van der Waals surface area contributed by atoms with Gasteiger partial charge in [0.25, 0.3) is 5.91 Å². The topological polar surface area (TPSA) is 61.4 Å². The van der Waals surface area contributed by atoms with Crippen molar-refractivity contribution in [1.29, 1.82) is 0 Å². The van der Waals surface area contributed by atoms with Crippen LogP contribution in [0.1, 0.15) is 48.0 Å². The standard InChI is InChI=1S/C23H26FN3O2.ClH/c1-15(28)27-11-9-17(10-12-27)25-22-14-20(22)19-13-18(7-8-21(19)24)26-23(29)16-5-3-2-4-6-16;/h2-8,13,17,20,22,25H,9-12,14H2,1H3,(H,26,29);1H. The van der Waals surface area contributed by atoms with Crippen molar-refractivity contribution in [3.05, 3.63) is 65.5 Å². The Kier molecular flexibility index (Phi) is 7.10. The van der Waals surface area contributed by atoms with E-state index in [0.717, 1.165) is 32.4 Å². The molecular formula is C23H27ClFN3O2. The molecule has 1 aliphatic carbocycles. The van der Waals surface area contributed by atoms with E-state index in [-0.39, 0.29) is 42.0 Å². The molecule has 0 spiro atoms. The summed E-state index contributed by atoms with van der Waals surface area (Å²) in [6.07, 6.45) is 2.75. The molecule has 2 N–H and O–H groups in total. The third-order valence-corrected chi connectivity index (χ3v) is 5.87. The minimum atomic E-state index is -0.233. The van der Waals surface area contributed by atoms with Crippen LogP contribution in [0.25, 0.3) is 0 Å². The van der Waals surface area contributed by atoms with Crippen LogP contribution in [-0.2, 0) is 4.79 Å². The predicted molar refractivity (Wildman–Crippen MR) is 118 cm³/mol. The van der Waals surface area contributed by atoms with Gasteiger partial charge in [0.2, 0.25) is 5.91 Å². The summed E-state index contributed by atoms with van der Waals surface area (Å²) in [5, 5.41) is 6.48. The molecule has 1 heterocycles. The molecule has 0 radical (unpaired) electrons. The van der Waals surface area contributed by atoms with Crippen LogP contribution in [-0.4, -0.2) is 41.9 Å². The lowest BCUT2D eigenvalue weighted by Crippen LogP contribution is -2.45. The van der Waals surface area contributed by atoms with E-state index in [4.69, 9.17) is 0 Å². The molecule has 2 atom stereocenters. The largest absolute Gasteiger partial charge is 0.343 e. The van der Waals surface area contributed by atoms with E-state index in [0.29, 0.717) is 22.9 Å². The van der Waals surface area contributed by atoms with E-state index < -0.39 is 0 Å². The minimum absolute atomic E-state index is 0. The van der Waals surface area contributed by atoms with Crippen LogP contribution in [0.2, 0.25) is 0 Å². The molecule has 30 heavy (non-hydrogen) atoms. The summed E-state index contributed by atoms with van der Waals surface area (Å²) < 4.78 is 14.4. The number of anilines is 1. The Morgan fingerprint density at radius 3 is 2.43 bits per heavy atom. The third-order valence-electron chi connectivity index (χ3n) is 5.87. The first-order valence-corrected chi connectivity index (χ1v) is 10.2. The minimum Gasteiger partial charge on any atom is -0.343 e. The fourth-order valence-corrected chi connectivity index (χ4v) is 4.09. The van der Waals surface area contributed by atoms with E-state index in [1.165, 1.54) is 6.07 Å². The smallest absolute Gasteiger partial charge is 0.255 e. The molecule has 7 heteroatoms. The zero-order valence-corrected chi connectivity index (χ0v) is 17.8. The number of carbonyl (C=O) groups is 2. The molecule has 2 aromatic carbocycles. The SMILES string of the molecule is CC(=O)N1CCC(NC2CC2c2cc(NC(=O)c3ccccc3)ccc2F)CC1.Cl. The number of piperidine rings is 1. The Morgan fingerprint density at radius 1 is 1.07 bits per heavy atom. The van der Waals surface area contributed by atoms with Gasteiger partial charge in [-0.05, 0) is 55.2 Å². The van der Waals surface area contributed by atoms with Gasteiger partial charge in [0.1, 0.15) is 5.82 Å². The van der Waals surface area contributed by atoms with Crippen molar-refractivity contribution < 1.29 is 14.0 Å². The maximum absolute atomic E-state index is 14.4. The second-order valence-corrected chi connectivity index (χ2v) is 7.95. The Morgan fingerprint density at radius 2 is 1.77 bits per heavy atom. The highest BCUT2D eigenvalue weighted by atomic mass is 35.5. The number of halogens is 2. The van der Waals surface area contributed by atoms with E-state index in [9.17, 15) is 14.0 Å². The third kappa shape index (κ3) is 5.18. The molecule has 0 aromatic heterocycles. The first kappa shape index (κ1) is 22.2. The molecule has 1 aliphatic heterocycles. The number of rotatable bonds is 5. The highest BCUT2D eigenvalue weighted by Crippen LogP contribution is 2.43. The second kappa shape index (κ2) is 9.58. The normalized spacial score (nSPS) is 20.9. The zero-order valence-electron chi connectivity index (χ0n) is 16.9. The van der Waals surface area contributed by atoms with Crippen LogP contribution < -0.4 is 10.6 Å². The fourth-order valence-electron chi connectivity index (χ4n) is 4.09. The molecule has 2 aromatic rings. The van der Waals surface area contributed by atoms with E-state index >= 15 is 0 Å². The summed E-state index contributed by atoms with van der Waals surface area (Å²) in [5.74, 6) is -0.187. The zero-order chi connectivity index (χ0) is 20.4. The molecule has 2 fully saturated rings. The number of hydrogen-bond donors (Lipinski definition) is 2.